The Morgan fingerprint density at radius 2 is 1.95 bits per heavy atom. The standard InChI is InChI=1S/C17H24O2S/c1-5-15(7-9-20)6-8-18-16-10-14(4)11-17(12-16)19-13(2)3/h5,7,9-13,20H,6,8H2,1-4H3/b9-7-,15-5-. The summed E-state index contributed by atoms with van der Waals surface area (Å²) in [7, 11) is 0. The first-order valence-electron chi connectivity index (χ1n) is 6.92. The van der Waals surface area contributed by atoms with Crippen LogP contribution in [0.5, 0.6) is 11.5 Å². The average Bonchev–Trinajstić information content (AvgIpc) is 2.36. The van der Waals surface area contributed by atoms with Crippen molar-refractivity contribution in [3.05, 3.63) is 46.9 Å². The number of rotatable bonds is 7. The van der Waals surface area contributed by atoms with Crippen LogP contribution < -0.4 is 9.47 Å². The molecular weight excluding hydrogens is 268 g/mol. The van der Waals surface area contributed by atoms with Crippen LogP contribution in [-0.4, -0.2) is 12.7 Å². The molecule has 0 saturated carbocycles. The zero-order chi connectivity index (χ0) is 15.0. The van der Waals surface area contributed by atoms with Gasteiger partial charge in [0.15, 0.2) is 0 Å². The highest BCUT2D eigenvalue weighted by Crippen LogP contribution is 2.23. The average molecular weight is 292 g/mol. The van der Waals surface area contributed by atoms with Crippen molar-refractivity contribution < 1.29 is 9.47 Å². The van der Waals surface area contributed by atoms with Crippen molar-refractivity contribution in [2.45, 2.75) is 40.2 Å². The zero-order valence-corrected chi connectivity index (χ0v) is 13.6. The van der Waals surface area contributed by atoms with Gasteiger partial charge in [0.05, 0.1) is 12.7 Å². The number of allylic oxidation sites excluding steroid dienone is 2. The van der Waals surface area contributed by atoms with E-state index in [1.807, 2.05) is 52.0 Å². The maximum atomic E-state index is 5.81. The van der Waals surface area contributed by atoms with E-state index in [2.05, 4.69) is 18.7 Å². The van der Waals surface area contributed by atoms with Crippen LogP contribution in [0.15, 0.2) is 41.3 Å². The largest absolute Gasteiger partial charge is 0.493 e. The Morgan fingerprint density at radius 3 is 2.55 bits per heavy atom. The molecule has 3 heteroatoms. The van der Waals surface area contributed by atoms with E-state index in [1.54, 1.807) is 5.41 Å². The van der Waals surface area contributed by atoms with Crippen molar-refractivity contribution >= 4 is 12.6 Å². The molecule has 110 valence electrons. The van der Waals surface area contributed by atoms with Crippen molar-refractivity contribution in [3.8, 4) is 11.5 Å². The maximum Gasteiger partial charge on any atom is 0.123 e. The number of aryl methyl sites for hydroxylation is 1. The summed E-state index contributed by atoms with van der Waals surface area (Å²) in [6, 6.07) is 5.99. The van der Waals surface area contributed by atoms with Crippen LogP contribution in [-0.2, 0) is 0 Å². The van der Waals surface area contributed by atoms with Crippen molar-refractivity contribution in [2.24, 2.45) is 0 Å². The van der Waals surface area contributed by atoms with E-state index in [9.17, 15) is 0 Å². The first kappa shape index (κ1) is 16.7. The molecule has 1 rings (SSSR count). The molecule has 0 unspecified atom stereocenters. The minimum Gasteiger partial charge on any atom is -0.493 e. The highest BCUT2D eigenvalue weighted by Gasteiger charge is 2.03. The fourth-order valence-electron chi connectivity index (χ4n) is 1.84. The van der Waals surface area contributed by atoms with E-state index >= 15 is 0 Å². The minimum atomic E-state index is 0.166. The minimum absolute atomic E-state index is 0.166. The summed E-state index contributed by atoms with van der Waals surface area (Å²) < 4.78 is 11.5. The third-order valence-corrected chi connectivity index (χ3v) is 2.86. The molecular formula is C17H24O2S. The monoisotopic (exact) mass is 292 g/mol. The van der Waals surface area contributed by atoms with E-state index in [1.165, 1.54) is 5.57 Å². The Morgan fingerprint density at radius 1 is 1.25 bits per heavy atom. The summed E-state index contributed by atoms with van der Waals surface area (Å²) in [5, 5.41) is 1.75. The van der Waals surface area contributed by atoms with Gasteiger partial charge in [-0.3, -0.25) is 0 Å². The molecule has 0 bridgehead atoms. The summed E-state index contributed by atoms with van der Waals surface area (Å²) in [6.45, 7) is 8.74. The molecule has 0 saturated heterocycles. The van der Waals surface area contributed by atoms with Crippen molar-refractivity contribution in [3.63, 3.8) is 0 Å². The Labute approximate surface area is 127 Å². The molecule has 0 fully saturated rings. The van der Waals surface area contributed by atoms with Crippen LogP contribution in [0.4, 0.5) is 0 Å². The third kappa shape index (κ3) is 6.20. The van der Waals surface area contributed by atoms with Gasteiger partial charge in [-0.05, 0) is 56.4 Å². The maximum absolute atomic E-state index is 5.81. The van der Waals surface area contributed by atoms with E-state index in [0.717, 1.165) is 23.5 Å². The summed E-state index contributed by atoms with van der Waals surface area (Å²) >= 11 is 4.09. The quantitative estimate of drug-likeness (QED) is 0.567. The lowest BCUT2D eigenvalue weighted by molar-refractivity contribution is 0.240. The van der Waals surface area contributed by atoms with E-state index in [4.69, 9.17) is 9.47 Å². The fraction of sp³-hybridized carbons (Fsp3) is 0.412. The van der Waals surface area contributed by atoms with Gasteiger partial charge in [0.1, 0.15) is 11.5 Å². The number of hydrogen-bond donors (Lipinski definition) is 1. The SMILES string of the molecule is C/C=C(\C=C/S)CCOc1cc(C)cc(OC(C)C)c1. The van der Waals surface area contributed by atoms with Crippen molar-refractivity contribution in [1.82, 2.24) is 0 Å². The molecule has 0 spiro atoms. The lowest BCUT2D eigenvalue weighted by atomic mass is 10.2. The summed E-state index contributed by atoms with van der Waals surface area (Å²) in [5.74, 6) is 1.71. The topological polar surface area (TPSA) is 18.5 Å². The molecule has 0 aliphatic heterocycles. The Kier molecular flexibility index (Phi) is 7.31. The van der Waals surface area contributed by atoms with Crippen LogP contribution in [0.25, 0.3) is 0 Å². The van der Waals surface area contributed by atoms with Gasteiger partial charge in [-0.25, -0.2) is 0 Å². The number of ether oxygens (including phenoxy) is 2. The second-order valence-electron chi connectivity index (χ2n) is 4.93. The van der Waals surface area contributed by atoms with Crippen LogP contribution >= 0.6 is 12.6 Å². The summed E-state index contributed by atoms with van der Waals surface area (Å²) in [4.78, 5) is 0. The number of thiol groups is 1. The molecule has 0 N–H and O–H groups in total. The van der Waals surface area contributed by atoms with Gasteiger partial charge in [0.2, 0.25) is 0 Å². The van der Waals surface area contributed by atoms with Gasteiger partial charge >= 0.3 is 0 Å². The molecule has 0 radical (unpaired) electrons. The molecule has 0 aliphatic rings. The van der Waals surface area contributed by atoms with Gasteiger partial charge in [0, 0.05) is 12.5 Å². The van der Waals surface area contributed by atoms with E-state index in [0.29, 0.717) is 6.61 Å². The smallest absolute Gasteiger partial charge is 0.123 e. The molecule has 1 aromatic carbocycles. The second kappa shape index (κ2) is 8.75. The second-order valence-corrected chi connectivity index (χ2v) is 5.22. The van der Waals surface area contributed by atoms with Crippen LogP contribution in [0, 0.1) is 6.92 Å². The normalized spacial score (nSPS) is 12.2. The first-order valence-corrected chi connectivity index (χ1v) is 7.44. The van der Waals surface area contributed by atoms with Gasteiger partial charge in [-0.15, -0.1) is 0 Å². The highest BCUT2D eigenvalue weighted by atomic mass is 32.1. The third-order valence-electron chi connectivity index (χ3n) is 2.72. The Hall–Kier alpha value is -1.35. The first-order chi connectivity index (χ1) is 9.55. The van der Waals surface area contributed by atoms with Crippen LogP contribution in [0.2, 0.25) is 0 Å². The molecule has 0 heterocycles. The highest BCUT2D eigenvalue weighted by molar-refractivity contribution is 7.83. The molecule has 0 atom stereocenters. The summed E-state index contributed by atoms with van der Waals surface area (Å²) in [5.41, 5.74) is 2.35. The molecule has 1 aromatic rings. The predicted molar refractivity (Wildman–Crippen MR) is 88.9 cm³/mol. The van der Waals surface area contributed by atoms with Gasteiger partial charge < -0.3 is 9.47 Å². The number of hydrogen-bond acceptors (Lipinski definition) is 3. The lowest BCUT2D eigenvalue weighted by Crippen LogP contribution is -2.06. The Bertz CT molecular complexity index is 476. The van der Waals surface area contributed by atoms with Crippen molar-refractivity contribution in [1.29, 1.82) is 0 Å². The summed E-state index contributed by atoms with van der Waals surface area (Å²) in [6.07, 6.45) is 5.08. The van der Waals surface area contributed by atoms with E-state index in [-0.39, 0.29) is 6.10 Å². The molecule has 2 nitrogen and oxygen atoms in total. The van der Waals surface area contributed by atoms with Gasteiger partial charge in [-0.1, -0.05) is 12.2 Å². The zero-order valence-electron chi connectivity index (χ0n) is 12.7. The molecule has 0 amide bonds. The fourth-order valence-corrected chi connectivity index (χ4v) is 2.04. The van der Waals surface area contributed by atoms with Crippen LogP contribution in [0.1, 0.15) is 32.8 Å². The predicted octanol–water partition coefficient (Wildman–Crippen LogP) is 4.94. The molecule has 0 aromatic heterocycles. The Balaban J connectivity index is 2.61. The molecule has 0 aliphatic carbocycles. The van der Waals surface area contributed by atoms with Crippen LogP contribution in [0.3, 0.4) is 0 Å². The van der Waals surface area contributed by atoms with E-state index < -0.39 is 0 Å². The van der Waals surface area contributed by atoms with Gasteiger partial charge in [0.25, 0.3) is 0 Å². The lowest BCUT2D eigenvalue weighted by Gasteiger charge is -2.13. The van der Waals surface area contributed by atoms with Gasteiger partial charge in [-0.2, -0.15) is 12.6 Å². The number of benzene rings is 1. The molecule has 20 heavy (non-hydrogen) atoms. The van der Waals surface area contributed by atoms with Crippen molar-refractivity contribution in [2.75, 3.05) is 6.61 Å².